The molecule has 124 valence electrons. The largest absolute Gasteiger partial charge is 0.385 e. The molecule has 2 unspecified atom stereocenters. The molecule has 0 saturated heterocycles. The quantitative estimate of drug-likeness (QED) is 0.601. The number of aliphatic hydroxyl groups excluding tert-OH is 1. The smallest absolute Gasteiger partial charge is 0.162 e. The molecule has 2 aromatic heterocycles. The van der Waals surface area contributed by atoms with Crippen LogP contribution in [0.15, 0.2) is 28.7 Å². The number of anilines is 1. The van der Waals surface area contributed by atoms with Gasteiger partial charge in [0.2, 0.25) is 0 Å². The van der Waals surface area contributed by atoms with Crippen molar-refractivity contribution >= 4 is 62.1 Å². The Balaban J connectivity index is 1.86. The molecule has 3 N–H and O–H groups in total. The topological polar surface area (TPSA) is 102 Å². The normalized spacial score (nSPS) is 13.6. The first kappa shape index (κ1) is 17.2. The van der Waals surface area contributed by atoms with E-state index in [0.717, 1.165) is 11.3 Å². The van der Waals surface area contributed by atoms with Crippen LogP contribution in [0.25, 0.3) is 10.9 Å². The van der Waals surface area contributed by atoms with E-state index < -0.39 is 17.1 Å². The second-order valence-corrected chi connectivity index (χ2v) is 8.06. The number of nitrogens with one attached hydrogen (secondary N) is 2. The number of hydrogen-bond donors (Lipinski definition) is 3. The molecule has 0 saturated carbocycles. The minimum atomic E-state index is -1.58. The average Bonchev–Trinajstić information content (AvgIpc) is 3.18. The highest BCUT2D eigenvalue weighted by Crippen LogP contribution is 2.35. The van der Waals surface area contributed by atoms with E-state index in [1.54, 1.807) is 18.3 Å². The highest BCUT2D eigenvalue weighted by atomic mass is 35.5. The fourth-order valence-corrected chi connectivity index (χ4v) is 4.59. The molecule has 0 radical (unpaired) electrons. The molecular weight excluding hydrogens is 391 g/mol. The Morgan fingerprint density at radius 1 is 1.46 bits per heavy atom. The van der Waals surface area contributed by atoms with Crippen molar-refractivity contribution < 1.29 is 9.32 Å². The molecule has 2 heterocycles. The van der Waals surface area contributed by atoms with Crippen LogP contribution in [0.4, 0.5) is 5.69 Å². The van der Waals surface area contributed by atoms with E-state index in [-0.39, 0.29) is 6.42 Å². The predicted octanol–water partition coefficient (Wildman–Crippen LogP) is 4.01. The summed E-state index contributed by atoms with van der Waals surface area (Å²) in [5, 5.41) is 20.3. The lowest BCUT2D eigenvalue weighted by Crippen LogP contribution is -2.03. The summed E-state index contributed by atoms with van der Waals surface area (Å²) in [7, 11) is -1.58. The Hall–Kier alpha value is -1.63. The minimum absolute atomic E-state index is 0.0637. The standard InChI is InChI=1S/C14H10Cl2N4O2S2/c15-7-1-2-9(13-12(7)8(16)5-18-13)20-24(22)11-6-19-14(23-11)10(21)3-4-17/h1-2,5-6,10,18,20-21H,3H2. The Labute approximate surface area is 153 Å². The number of rotatable bonds is 5. The lowest BCUT2D eigenvalue weighted by Gasteiger charge is -2.07. The number of benzene rings is 1. The molecule has 6 nitrogen and oxygen atoms in total. The fraction of sp³-hybridized carbons (Fsp3) is 0.143. The van der Waals surface area contributed by atoms with Crippen molar-refractivity contribution in [1.29, 1.82) is 5.26 Å². The maximum absolute atomic E-state index is 12.5. The first-order chi connectivity index (χ1) is 11.5. The van der Waals surface area contributed by atoms with Crippen molar-refractivity contribution in [2.75, 3.05) is 4.72 Å². The molecule has 0 aliphatic heterocycles. The van der Waals surface area contributed by atoms with E-state index in [9.17, 15) is 9.32 Å². The third-order valence-electron chi connectivity index (χ3n) is 3.19. The van der Waals surface area contributed by atoms with E-state index in [2.05, 4.69) is 14.7 Å². The number of H-pyrrole nitrogens is 1. The van der Waals surface area contributed by atoms with E-state index in [4.69, 9.17) is 28.5 Å². The Bertz CT molecular complexity index is 963. The third-order valence-corrected chi connectivity index (χ3v) is 6.28. The van der Waals surface area contributed by atoms with E-state index in [1.165, 1.54) is 6.20 Å². The van der Waals surface area contributed by atoms with Crippen LogP contribution < -0.4 is 4.72 Å². The van der Waals surface area contributed by atoms with Crippen LogP contribution >= 0.6 is 34.5 Å². The van der Waals surface area contributed by atoms with Crippen LogP contribution in [0.5, 0.6) is 0 Å². The lowest BCUT2D eigenvalue weighted by atomic mass is 10.2. The van der Waals surface area contributed by atoms with Crippen molar-refractivity contribution in [2.24, 2.45) is 0 Å². The van der Waals surface area contributed by atoms with Gasteiger partial charge in [0.05, 0.1) is 39.9 Å². The highest BCUT2D eigenvalue weighted by Gasteiger charge is 2.17. The average molecular weight is 401 g/mol. The van der Waals surface area contributed by atoms with Crippen molar-refractivity contribution in [1.82, 2.24) is 9.97 Å². The van der Waals surface area contributed by atoms with Gasteiger partial charge in [-0.3, -0.25) is 4.72 Å². The number of aromatic nitrogens is 2. The van der Waals surface area contributed by atoms with Gasteiger partial charge in [0, 0.05) is 11.6 Å². The number of nitriles is 1. The summed E-state index contributed by atoms with van der Waals surface area (Å²) in [6.07, 6.45) is 1.98. The Morgan fingerprint density at radius 3 is 3.00 bits per heavy atom. The SMILES string of the molecule is N#CCC(O)c1ncc(S(=O)Nc2ccc(Cl)c3c(Cl)c[nH]c23)s1. The van der Waals surface area contributed by atoms with Crippen LogP contribution in [0.1, 0.15) is 17.5 Å². The van der Waals surface area contributed by atoms with Crippen molar-refractivity contribution in [3.63, 3.8) is 0 Å². The molecule has 3 rings (SSSR count). The summed E-state index contributed by atoms with van der Waals surface area (Å²) in [4.78, 5) is 7.00. The first-order valence-corrected chi connectivity index (χ1v) is 9.37. The molecule has 1 aromatic carbocycles. The van der Waals surface area contributed by atoms with E-state index in [1.807, 2.05) is 6.07 Å². The van der Waals surface area contributed by atoms with Gasteiger partial charge in [-0.05, 0) is 12.1 Å². The molecule has 0 aliphatic carbocycles. The monoisotopic (exact) mass is 400 g/mol. The van der Waals surface area contributed by atoms with Gasteiger partial charge in [-0.15, -0.1) is 11.3 Å². The van der Waals surface area contributed by atoms with Crippen molar-refractivity contribution in [2.45, 2.75) is 16.7 Å². The highest BCUT2D eigenvalue weighted by molar-refractivity contribution is 7.88. The summed E-state index contributed by atoms with van der Waals surface area (Å²) in [5.41, 5.74) is 1.22. The predicted molar refractivity (Wildman–Crippen MR) is 95.7 cm³/mol. The van der Waals surface area contributed by atoms with Gasteiger partial charge in [-0.2, -0.15) is 5.26 Å². The van der Waals surface area contributed by atoms with Gasteiger partial charge < -0.3 is 10.1 Å². The summed E-state index contributed by atoms with van der Waals surface area (Å²) < 4.78 is 15.8. The van der Waals surface area contributed by atoms with Crippen LogP contribution in [0, 0.1) is 11.3 Å². The Morgan fingerprint density at radius 2 is 2.25 bits per heavy atom. The van der Waals surface area contributed by atoms with Crippen LogP contribution in [0.2, 0.25) is 10.0 Å². The lowest BCUT2D eigenvalue weighted by molar-refractivity contribution is 0.183. The zero-order chi connectivity index (χ0) is 17.3. The van der Waals surface area contributed by atoms with Crippen LogP contribution in [0.3, 0.4) is 0 Å². The molecule has 0 bridgehead atoms. The Kier molecular flexibility index (Phi) is 5.08. The maximum Gasteiger partial charge on any atom is 0.162 e. The van der Waals surface area contributed by atoms with Gasteiger partial charge in [0.1, 0.15) is 15.3 Å². The molecule has 0 spiro atoms. The molecule has 2 atom stereocenters. The summed E-state index contributed by atoms with van der Waals surface area (Å²) in [5.74, 6) is 0. The van der Waals surface area contributed by atoms with Gasteiger partial charge >= 0.3 is 0 Å². The fourth-order valence-electron chi connectivity index (χ4n) is 2.09. The molecule has 10 heteroatoms. The zero-order valence-corrected chi connectivity index (χ0v) is 15.1. The van der Waals surface area contributed by atoms with Gasteiger partial charge in [0.25, 0.3) is 0 Å². The maximum atomic E-state index is 12.5. The molecule has 0 aliphatic rings. The minimum Gasteiger partial charge on any atom is -0.385 e. The second-order valence-electron chi connectivity index (χ2n) is 4.75. The molecule has 3 aromatic rings. The number of halogens is 2. The summed E-state index contributed by atoms with van der Waals surface area (Å²) in [6, 6.07) is 5.23. The van der Waals surface area contributed by atoms with Gasteiger partial charge in [0.15, 0.2) is 11.0 Å². The molecule has 0 amide bonds. The summed E-state index contributed by atoms with van der Waals surface area (Å²) >= 11 is 13.3. The number of nitrogens with zero attached hydrogens (tertiary/aromatic N) is 2. The van der Waals surface area contributed by atoms with Crippen molar-refractivity contribution in [3.8, 4) is 6.07 Å². The molecule has 0 fully saturated rings. The van der Waals surface area contributed by atoms with Gasteiger partial charge in [-0.25, -0.2) is 9.19 Å². The van der Waals surface area contributed by atoms with Crippen LogP contribution in [-0.4, -0.2) is 19.3 Å². The van der Waals surface area contributed by atoms with E-state index >= 15 is 0 Å². The summed E-state index contributed by atoms with van der Waals surface area (Å²) in [6.45, 7) is 0. The number of aromatic amines is 1. The number of fused-ring (bicyclic) bond motifs is 1. The number of thiazole rings is 1. The number of hydrogen-bond acceptors (Lipinski definition) is 5. The zero-order valence-electron chi connectivity index (χ0n) is 11.9. The second kappa shape index (κ2) is 7.09. The number of aliphatic hydroxyl groups is 1. The third kappa shape index (κ3) is 3.27. The van der Waals surface area contributed by atoms with Crippen LogP contribution in [-0.2, 0) is 11.0 Å². The van der Waals surface area contributed by atoms with Gasteiger partial charge in [-0.1, -0.05) is 23.2 Å². The van der Waals surface area contributed by atoms with Crippen molar-refractivity contribution in [3.05, 3.63) is 39.6 Å². The van der Waals surface area contributed by atoms with E-state index in [0.29, 0.717) is 35.9 Å². The molecule has 24 heavy (non-hydrogen) atoms. The molecular formula is C14H10Cl2N4O2S2. The first-order valence-electron chi connectivity index (χ1n) is 6.65.